The van der Waals surface area contributed by atoms with E-state index < -0.39 is 23.7 Å². The number of amides is 3. The molecule has 0 unspecified atom stereocenters. The van der Waals surface area contributed by atoms with Crippen LogP contribution in [0.4, 0.5) is 0 Å². The van der Waals surface area contributed by atoms with Gasteiger partial charge in [0.25, 0.3) is 5.91 Å². The average molecular weight is 354 g/mol. The molecule has 0 spiro atoms. The number of alkyl halides is 1. The molecule has 0 aromatic rings. The first-order chi connectivity index (χ1) is 7.97. The summed E-state index contributed by atoms with van der Waals surface area (Å²) in [6.07, 6.45) is -0.173. The van der Waals surface area contributed by atoms with E-state index >= 15 is 0 Å². The SMILES string of the molecule is O=C(O)CCN(C(=O)CI)N1C(=O)CCC1=O. The molecule has 0 bridgehead atoms. The normalized spacial score (nSPS) is 15.2. The van der Waals surface area contributed by atoms with Crippen LogP contribution in [0.15, 0.2) is 0 Å². The van der Waals surface area contributed by atoms with Crippen LogP contribution in [0.25, 0.3) is 0 Å². The molecule has 8 heteroatoms. The van der Waals surface area contributed by atoms with Crippen molar-refractivity contribution in [2.24, 2.45) is 0 Å². The third-order valence-electron chi connectivity index (χ3n) is 2.21. The van der Waals surface area contributed by atoms with Gasteiger partial charge in [0.1, 0.15) is 0 Å². The fourth-order valence-electron chi connectivity index (χ4n) is 1.44. The largest absolute Gasteiger partial charge is 0.481 e. The zero-order chi connectivity index (χ0) is 13.0. The van der Waals surface area contributed by atoms with E-state index in [4.69, 9.17) is 5.11 Å². The summed E-state index contributed by atoms with van der Waals surface area (Å²) in [6.45, 7) is -0.172. The summed E-state index contributed by atoms with van der Waals surface area (Å²) in [5, 5.41) is 10.3. The van der Waals surface area contributed by atoms with E-state index in [0.29, 0.717) is 0 Å². The number of nitrogens with zero attached hydrogens (tertiary/aromatic N) is 2. The van der Waals surface area contributed by atoms with Gasteiger partial charge in [0, 0.05) is 12.8 Å². The lowest BCUT2D eigenvalue weighted by molar-refractivity contribution is -0.168. The van der Waals surface area contributed by atoms with Gasteiger partial charge in [-0.1, -0.05) is 22.6 Å². The second-order valence-corrected chi connectivity index (χ2v) is 4.16. The zero-order valence-electron chi connectivity index (χ0n) is 8.89. The van der Waals surface area contributed by atoms with Gasteiger partial charge in [-0.3, -0.25) is 19.2 Å². The van der Waals surface area contributed by atoms with Crippen LogP contribution in [0.1, 0.15) is 19.3 Å². The molecule has 0 atom stereocenters. The number of carboxylic acids is 1. The molecule has 0 radical (unpaired) electrons. The van der Waals surface area contributed by atoms with Crippen LogP contribution in [0.2, 0.25) is 0 Å². The Morgan fingerprint density at radius 2 is 1.82 bits per heavy atom. The highest BCUT2D eigenvalue weighted by Gasteiger charge is 2.36. The van der Waals surface area contributed by atoms with E-state index in [0.717, 1.165) is 10.0 Å². The number of hydrazine groups is 1. The minimum Gasteiger partial charge on any atom is -0.481 e. The second-order valence-electron chi connectivity index (χ2n) is 3.39. The number of aliphatic carboxylic acids is 1. The Kier molecular flexibility index (Phi) is 4.85. The lowest BCUT2D eigenvalue weighted by Crippen LogP contribution is -2.50. The van der Waals surface area contributed by atoms with Crippen LogP contribution in [0, 0.1) is 0 Å². The van der Waals surface area contributed by atoms with Crippen LogP contribution in [-0.2, 0) is 19.2 Å². The molecule has 0 aromatic carbocycles. The summed E-state index contributed by atoms with van der Waals surface area (Å²) < 4.78 is 0.0778. The van der Waals surface area contributed by atoms with Gasteiger partial charge in [0.05, 0.1) is 17.4 Å². The number of halogens is 1. The van der Waals surface area contributed by atoms with Gasteiger partial charge >= 0.3 is 5.97 Å². The molecule has 17 heavy (non-hydrogen) atoms. The molecule has 1 heterocycles. The summed E-state index contributed by atoms with van der Waals surface area (Å²) in [4.78, 5) is 45.0. The Morgan fingerprint density at radius 1 is 1.29 bits per heavy atom. The van der Waals surface area contributed by atoms with E-state index in [9.17, 15) is 19.2 Å². The first kappa shape index (κ1) is 13.9. The van der Waals surface area contributed by atoms with Crippen LogP contribution in [0.3, 0.4) is 0 Å². The summed E-state index contributed by atoms with van der Waals surface area (Å²) in [5.41, 5.74) is 0. The highest BCUT2D eigenvalue weighted by atomic mass is 127. The summed E-state index contributed by atoms with van der Waals surface area (Å²) in [5.74, 6) is -2.46. The van der Waals surface area contributed by atoms with E-state index in [1.165, 1.54) is 0 Å². The van der Waals surface area contributed by atoms with Crippen LogP contribution >= 0.6 is 22.6 Å². The van der Waals surface area contributed by atoms with Crippen molar-refractivity contribution < 1.29 is 24.3 Å². The van der Waals surface area contributed by atoms with Crippen LogP contribution < -0.4 is 0 Å². The Bertz CT molecular complexity index is 354. The molecule has 0 aliphatic carbocycles. The smallest absolute Gasteiger partial charge is 0.305 e. The molecule has 0 aromatic heterocycles. The van der Waals surface area contributed by atoms with Crippen molar-refractivity contribution in [2.45, 2.75) is 19.3 Å². The summed E-state index contributed by atoms with van der Waals surface area (Å²) in [7, 11) is 0. The summed E-state index contributed by atoms with van der Waals surface area (Å²) in [6, 6.07) is 0. The van der Waals surface area contributed by atoms with E-state index in [-0.39, 0.29) is 30.2 Å². The lowest BCUT2D eigenvalue weighted by Gasteiger charge is -2.28. The van der Waals surface area contributed by atoms with Gasteiger partial charge in [-0.2, -0.15) is 5.01 Å². The van der Waals surface area contributed by atoms with Gasteiger partial charge in [-0.25, -0.2) is 5.01 Å². The Morgan fingerprint density at radius 3 is 2.24 bits per heavy atom. The van der Waals surface area contributed by atoms with Gasteiger partial charge in [0.2, 0.25) is 11.8 Å². The molecule has 7 nitrogen and oxygen atoms in total. The molecule has 1 N–H and O–H groups in total. The monoisotopic (exact) mass is 354 g/mol. The highest BCUT2D eigenvalue weighted by Crippen LogP contribution is 2.16. The second kappa shape index (κ2) is 5.94. The quantitative estimate of drug-likeness (QED) is 0.419. The molecular weight excluding hydrogens is 343 g/mol. The molecule has 1 fully saturated rings. The molecule has 1 saturated heterocycles. The first-order valence-corrected chi connectivity index (χ1v) is 6.43. The Labute approximate surface area is 111 Å². The van der Waals surface area contributed by atoms with Crippen LogP contribution in [-0.4, -0.2) is 49.8 Å². The standard InChI is InChI=1S/C9H11IN2O5/c10-5-8(15)11(4-3-9(16)17)12-6(13)1-2-7(12)14/h1-5H2,(H,16,17). The van der Waals surface area contributed by atoms with Crippen molar-refractivity contribution >= 4 is 46.3 Å². The Balaban J connectivity index is 2.81. The molecule has 1 aliphatic rings. The summed E-state index contributed by atoms with van der Waals surface area (Å²) >= 11 is 1.80. The minimum atomic E-state index is -1.09. The maximum Gasteiger partial charge on any atom is 0.305 e. The number of hydrogen-bond acceptors (Lipinski definition) is 4. The van der Waals surface area contributed by atoms with Crippen molar-refractivity contribution in [3.05, 3.63) is 0 Å². The zero-order valence-corrected chi connectivity index (χ0v) is 11.0. The number of hydrogen-bond donors (Lipinski definition) is 1. The van der Waals surface area contributed by atoms with E-state index in [1.807, 2.05) is 0 Å². The van der Waals surface area contributed by atoms with E-state index in [2.05, 4.69) is 0 Å². The fourth-order valence-corrected chi connectivity index (χ4v) is 1.83. The molecule has 1 rings (SSSR count). The van der Waals surface area contributed by atoms with Crippen molar-refractivity contribution in [1.29, 1.82) is 0 Å². The number of rotatable bonds is 5. The topological polar surface area (TPSA) is 95.0 Å². The number of carbonyl (C=O) groups excluding carboxylic acids is 3. The minimum absolute atomic E-state index is 0.0664. The lowest BCUT2D eigenvalue weighted by atomic mass is 10.4. The fraction of sp³-hybridized carbons (Fsp3) is 0.556. The van der Waals surface area contributed by atoms with E-state index in [1.54, 1.807) is 22.6 Å². The van der Waals surface area contributed by atoms with Gasteiger partial charge in [-0.05, 0) is 0 Å². The van der Waals surface area contributed by atoms with Gasteiger partial charge in [0.15, 0.2) is 0 Å². The van der Waals surface area contributed by atoms with Crippen molar-refractivity contribution in [3.63, 3.8) is 0 Å². The van der Waals surface area contributed by atoms with Crippen LogP contribution in [0.5, 0.6) is 0 Å². The maximum atomic E-state index is 11.6. The molecule has 94 valence electrons. The predicted molar refractivity (Wildman–Crippen MR) is 63.9 cm³/mol. The maximum absolute atomic E-state index is 11.6. The van der Waals surface area contributed by atoms with Crippen molar-refractivity contribution in [1.82, 2.24) is 10.0 Å². The number of carboxylic acid groups (broad SMARTS) is 1. The first-order valence-electron chi connectivity index (χ1n) is 4.91. The van der Waals surface area contributed by atoms with Crippen molar-refractivity contribution in [3.8, 4) is 0 Å². The number of imide groups is 1. The molecular formula is C9H11IN2O5. The molecule has 1 aliphatic heterocycles. The van der Waals surface area contributed by atoms with Gasteiger partial charge < -0.3 is 5.11 Å². The predicted octanol–water partition coefficient (Wildman–Crippen LogP) is -0.211. The Hall–Kier alpha value is -1.19. The number of carbonyl (C=O) groups is 4. The third-order valence-corrected chi connectivity index (χ3v) is 2.86. The van der Waals surface area contributed by atoms with Crippen molar-refractivity contribution in [2.75, 3.05) is 11.0 Å². The average Bonchev–Trinajstić information content (AvgIpc) is 2.60. The molecule has 3 amide bonds. The third kappa shape index (κ3) is 3.38. The van der Waals surface area contributed by atoms with Gasteiger partial charge in [-0.15, -0.1) is 0 Å². The highest BCUT2D eigenvalue weighted by molar-refractivity contribution is 14.1. The molecule has 0 saturated carbocycles.